The summed E-state index contributed by atoms with van der Waals surface area (Å²) >= 11 is 3.39. The number of nitrogens with zero attached hydrogens (tertiary/aromatic N) is 2. The summed E-state index contributed by atoms with van der Waals surface area (Å²) in [5.41, 5.74) is 0.812. The van der Waals surface area contributed by atoms with Crippen molar-refractivity contribution in [2.45, 2.75) is 19.6 Å². The first kappa shape index (κ1) is 13.6. The second kappa shape index (κ2) is 7.01. The van der Waals surface area contributed by atoms with Gasteiger partial charge in [0.05, 0.1) is 23.0 Å². The number of hydrogen-bond acceptors (Lipinski definition) is 4. The molecule has 1 rings (SSSR count). The number of hydrogen-bond donors (Lipinski definition) is 2. The lowest BCUT2D eigenvalue weighted by molar-refractivity contribution is 0.153. The summed E-state index contributed by atoms with van der Waals surface area (Å²) < 4.78 is 7.54. The van der Waals surface area contributed by atoms with E-state index in [0.29, 0.717) is 13.2 Å². The highest BCUT2D eigenvalue weighted by atomic mass is 79.9. The quantitative estimate of drug-likeness (QED) is 0.734. The molecular formula is C10H18BrN3O2. The predicted octanol–water partition coefficient (Wildman–Crippen LogP) is 0.935. The number of nitrogens with one attached hydrogen (secondary N) is 1. The van der Waals surface area contributed by atoms with Crippen LogP contribution in [0.3, 0.4) is 0 Å². The molecule has 1 heterocycles. The summed E-state index contributed by atoms with van der Waals surface area (Å²) in [6, 6.07) is 0. The van der Waals surface area contributed by atoms with E-state index in [1.807, 2.05) is 6.92 Å². The number of aliphatic hydroxyl groups excluding tert-OH is 1. The minimum atomic E-state index is -0.561. The van der Waals surface area contributed by atoms with Crippen molar-refractivity contribution in [1.82, 2.24) is 15.1 Å². The highest BCUT2D eigenvalue weighted by Gasteiger charge is 2.16. The number of ether oxygens (including phenoxy) is 1. The smallest absolute Gasteiger partial charge is 0.109 e. The van der Waals surface area contributed by atoms with Gasteiger partial charge in [0.2, 0.25) is 0 Å². The molecule has 5 nitrogen and oxygen atoms in total. The monoisotopic (exact) mass is 291 g/mol. The lowest BCUT2D eigenvalue weighted by atomic mass is 10.2. The third kappa shape index (κ3) is 3.55. The number of aromatic nitrogens is 2. The predicted molar refractivity (Wildman–Crippen MR) is 65.3 cm³/mol. The van der Waals surface area contributed by atoms with Gasteiger partial charge in [-0.1, -0.05) is 0 Å². The molecule has 0 spiro atoms. The average molecular weight is 292 g/mol. The molecule has 2 N–H and O–H groups in total. The molecule has 0 aliphatic carbocycles. The van der Waals surface area contributed by atoms with E-state index in [1.165, 1.54) is 0 Å². The van der Waals surface area contributed by atoms with Crippen molar-refractivity contribution in [3.8, 4) is 0 Å². The molecule has 16 heavy (non-hydrogen) atoms. The lowest BCUT2D eigenvalue weighted by Gasteiger charge is -2.14. The molecule has 6 heteroatoms. The minimum absolute atomic E-state index is 0.494. The Kier molecular flexibility index (Phi) is 5.97. The van der Waals surface area contributed by atoms with Crippen molar-refractivity contribution in [2.24, 2.45) is 0 Å². The second-order valence-electron chi connectivity index (χ2n) is 3.41. The van der Waals surface area contributed by atoms with E-state index in [9.17, 15) is 5.11 Å². The summed E-state index contributed by atoms with van der Waals surface area (Å²) in [7, 11) is 1.65. The van der Waals surface area contributed by atoms with Crippen LogP contribution in [-0.2, 0) is 11.3 Å². The standard InChI is InChI=1S/C10H18BrN3O2/c1-3-14-10(8(11)6-13-14)9(15)7-12-4-5-16-2/h6,9,12,15H,3-5,7H2,1-2H3. The second-order valence-corrected chi connectivity index (χ2v) is 4.26. The normalized spacial score (nSPS) is 13.0. The van der Waals surface area contributed by atoms with Crippen LogP contribution < -0.4 is 5.32 Å². The van der Waals surface area contributed by atoms with E-state index in [2.05, 4.69) is 26.3 Å². The molecule has 1 atom stereocenters. The molecule has 1 unspecified atom stereocenters. The van der Waals surface area contributed by atoms with Crippen molar-refractivity contribution in [3.05, 3.63) is 16.4 Å². The fraction of sp³-hybridized carbons (Fsp3) is 0.700. The van der Waals surface area contributed by atoms with Crippen molar-refractivity contribution >= 4 is 15.9 Å². The third-order valence-corrected chi connectivity index (χ3v) is 2.88. The van der Waals surface area contributed by atoms with E-state index in [-0.39, 0.29) is 0 Å². The molecule has 1 aromatic rings. The summed E-state index contributed by atoms with van der Waals surface area (Å²) in [5.74, 6) is 0. The van der Waals surface area contributed by atoms with Crippen LogP contribution >= 0.6 is 15.9 Å². The largest absolute Gasteiger partial charge is 0.385 e. The lowest BCUT2D eigenvalue weighted by Crippen LogP contribution is -2.26. The Labute approximate surface area is 104 Å². The van der Waals surface area contributed by atoms with Gasteiger partial charge in [-0.05, 0) is 22.9 Å². The first-order valence-corrected chi connectivity index (χ1v) is 6.08. The molecule has 0 fully saturated rings. The Hall–Kier alpha value is -0.430. The van der Waals surface area contributed by atoms with Crippen LogP contribution in [0, 0.1) is 0 Å². The summed E-state index contributed by atoms with van der Waals surface area (Å²) in [5, 5.41) is 17.3. The van der Waals surface area contributed by atoms with Crippen LogP contribution in [0.1, 0.15) is 18.7 Å². The van der Waals surface area contributed by atoms with Gasteiger partial charge in [0, 0.05) is 26.7 Å². The maximum absolute atomic E-state index is 10.0. The molecule has 0 aliphatic heterocycles. The van der Waals surface area contributed by atoms with E-state index in [0.717, 1.165) is 23.3 Å². The van der Waals surface area contributed by atoms with E-state index in [1.54, 1.807) is 18.0 Å². The first-order chi connectivity index (χ1) is 7.70. The summed E-state index contributed by atoms with van der Waals surface area (Å²) in [6.45, 7) is 4.60. The zero-order valence-corrected chi connectivity index (χ0v) is 11.2. The third-order valence-electron chi connectivity index (χ3n) is 2.27. The van der Waals surface area contributed by atoms with E-state index < -0.39 is 6.10 Å². The van der Waals surface area contributed by atoms with Crippen LogP contribution in [0.15, 0.2) is 10.7 Å². The van der Waals surface area contributed by atoms with Gasteiger partial charge in [0.25, 0.3) is 0 Å². The Balaban J connectivity index is 2.51. The zero-order chi connectivity index (χ0) is 12.0. The van der Waals surface area contributed by atoms with Gasteiger partial charge in [-0.2, -0.15) is 5.10 Å². The van der Waals surface area contributed by atoms with Gasteiger partial charge >= 0.3 is 0 Å². The van der Waals surface area contributed by atoms with Gasteiger partial charge in [-0.25, -0.2) is 0 Å². The SMILES string of the molecule is CCn1ncc(Br)c1C(O)CNCCOC. The Bertz CT molecular complexity index is 317. The van der Waals surface area contributed by atoms with Crippen molar-refractivity contribution in [3.63, 3.8) is 0 Å². The Morgan fingerprint density at radius 1 is 1.69 bits per heavy atom. The minimum Gasteiger partial charge on any atom is -0.385 e. The van der Waals surface area contributed by atoms with Gasteiger partial charge in [-0.3, -0.25) is 4.68 Å². The maximum atomic E-state index is 10.0. The molecule has 0 bridgehead atoms. The number of halogens is 1. The van der Waals surface area contributed by atoms with Gasteiger partial charge in [0.1, 0.15) is 6.10 Å². The molecule has 0 aromatic carbocycles. The van der Waals surface area contributed by atoms with Crippen LogP contribution in [0.5, 0.6) is 0 Å². The maximum Gasteiger partial charge on any atom is 0.109 e. The van der Waals surface area contributed by atoms with Crippen molar-refractivity contribution < 1.29 is 9.84 Å². The number of methoxy groups -OCH3 is 1. The fourth-order valence-electron chi connectivity index (χ4n) is 1.46. The molecule has 0 amide bonds. The molecule has 0 saturated carbocycles. The highest BCUT2D eigenvalue weighted by molar-refractivity contribution is 9.10. The molecule has 1 aromatic heterocycles. The van der Waals surface area contributed by atoms with E-state index in [4.69, 9.17) is 4.74 Å². The number of aliphatic hydroxyl groups is 1. The van der Waals surface area contributed by atoms with Gasteiger partial charge < -0.3 is 15.2 Å². The molecule has 0 saturated heterocycles. The van der Waals surface area contributed by atoms with Crippen LogP contribution in [0.2, 0.25) is 0 Å². The average Bonchev–Trinajstić information content (AvgIpc) is 2.65. The first-order valence-electron chi connectivity index (χ1n) is 5.29. The van der Waals surface area contributed by atoms with Gasteiger partial charge in [0.15, 0.2) is 0 Å². The number of aryl methyl sites for hydroxylation is 1. The van der Waals surface area contributed by atoms with Crippen LogP contribution in [0.25, 0.3) is 0 Å². The Morgan fingerprint density at radius 3 is 3.06 bits per heavy atom. The van der Waals surface area contributed by atoms with Crippen molar-refractivity contribution in [2.75, 3.05) is 26.8 Å². The highest BCUT2D eigenvalue weighted by Crippen LogP contribution is 2.22. The zero-order valence-electron chi connectivity index (χ0n) is 9.61. The van der Waals surface area contributed by atoms with Gasteiger partial charge in [-0.15, -0.1) is 0 Å². The molecule has 0 aliphatic rings. The molecule has 0 radical (unpaired) electrons. The molecular weight excluding hydrogens is 274 g/mol. The number of rotatable bonds is 7. The Morgan fingerprint density at radius 2 is 2.44 bits per heavy atom. The van der Waals surface area contributed by atoms with Crippen molar-refractivity contribution in [1.29, 1.82) is 0 Å². The topological polar surface area (TPSA) is 59.3 Å². The molecule has 92 valence electrons. The van der Waals surface area contributed by atoms with Crippen LogP contribution in [-0.4, -0.2) is 41.7 Å². The fourth-order valence-corrected chi connectivity index (χ4v) is 2.03. The summed E-state index contributed by atoms with van der Waals surface area (Å²) in [4.78, 5) is 0. The summed E-state index contributed by atoms with van der Waals surface area (Å²) in [6.07, 6.45) is 1.14. The van der Waals surface area contributed by atoms with E-state index >= 15 is 0 Å². The van der Waals surface area contributed by atoms with Crippen LogP contribution in [0.4, 0.5) is 0 Å².